The molecule has 0 amide bonds. The van der Waals surface area contributed by atoms with Gasteiger partial charge >= 0.3 is 0 Å². The van der Waals surface area contributed by atoms with Crippen molar-refractivity contribution < 1.29 is 0 Å². The third-order valence-electron chi connectivity index (χ3n) is 4.68. The van der Waals surface area contributed by atoms with Crippen LogP contribution in [0.1, 0.15) is 26.2 Å². The average Bonchev–Trinajstić information content (AvgIpc) is 3.12. The molecule has 1 aromatic carbocycles. The maximum Gasteiger partial charge on any atom is 0.171 e. The van der Waals surface area contributed by atoms with Gasteiger partial charge in [-0.2, -0.15) is 4.68 Å². The van der Waals surface area contributed by atoms with E-state index in [4.69, 9.17) is 5.73 Å². The molecule has 0 radical (unpaired) electrons. The fourth-order valence-corrected chi connectivity index (χ4v) is 3.03. The highest BCUT2D eigenvalue weighted by Gasteiger charge is 2.49. The van der Waals surface area contributed by atoms with Crippen LogP contribution in [-0.4, -0.2) is 21.2 Å². The highest BCUT2D eigenvalue weighted by atomic mass is 15.5. The predicted molar refractivity (Wildman–Crippen MR) is 90.1 cm³/mol. The Labute approximate surface area is 130 Å². The first kappa shape index (κ1) is 14.5. The van der Waals surface area contributed by atoms with Gasteiger partial charge in [0, 0.05) is 12.4 Å². The van der Waals surface area contributed by atoms with Crippen molar-refractivity contribution in [3.8, 4) is 0 Å². The van der Waals surface area contributed by atoms with Crippen molar-refractivity contribution in [2.45, 2.75) is 26.2 Å². The Balaban J connectivity index is 1.78. The van der Waals surface area contributed by atoms with Gasteiger partial charge in [-0.25, -0.2) is 4.99 Å². The van der Waals surface area contributed by atoms with Crippen molar-refractivity contribution in [3.63, 3.8) is 0 Å². The Kier molecular flexibility index (Phi) is 3.79. The second-order valence-electron chi connectivity index (χ2n) is 5.79. The SMILES string of the molecule is C=CC1CC1(CC)C/C=N\C(=C/N)n1nnc2ccccc21. The molecule has 1 aromatic heterocycles. The van der Waals surface area contributed by atoms with Crippen LogP contribution < -0.4 is 5.73 Å². The summed E-state index contributed by atoms with van der Waals surface area (Å²) in [5.41, 5.74) is 7.80. The van der Waals surface area contributed by atoms with Crippen molar-refractivity contribution in [1.29, 1.82) is 0 Å². The minimum Gasteiger partial charge on any atom is -0.402 e. The second kappa shape index (κ2) is 5.75. The van der Waals surface area contributed by atoms with Gasteiger partial charge in [0.05, 0.1) is 5.52 Å². The molecular formula is C17H21N5. The number of nitrogens with zero attached hydrogens (tertiary/aromatic N) is 4. The molecule has 5 nitrogen and oxygen atoms in total. The molecule has 0 spiro atoms. The number of hydrogen-bond acceptors (Lipinski definition) is 4. The van der Waals surface area contributed by atoms with Gasteiger partial charge in [-0.1, -0.05) is 30.3 Å². The molecule has 2 unspecified atom stereocenters. The van der Waals surface area contributed by atoms with Crippen LogP contribution in [0.15, 0.2) is 48.1 Å². The van der Waals surface area contributed by atoms with E-state index >= 15 is 0 Å². The molecule has 0 aliphatic heterocycles. The molecule has 2 atom stereocenters. The molecule has 0 saturated heterocycles. The van der Waals surface area contributed by atoms with Gasteiger partial charge in [0.25, 0.3) is 0 Å². The topological polar surface area (TPSA) is 69.1 Å². The summed E-state index contributed by atoms with van der Waals surface area (Å²) >= 11 is 0. The standard InChI is InChI=1S/C17H21N5/c1-3-13-11-17(13,4-2)9-10-19-16(12-18)22-15-8-6-5-7-14(15)20-21-22/h3,5-8,10,12-13H,1,4,9,11,18H2,2H3/b16-12+,19-10-. The number of rotatable bonds is 6. The highest BCUT2D eigenvalue weighted by molar-refractivity contribution is 5.78. The summed E-state index contributed by atoms with van der Waals surface area (Å²) < 4.78 is 1.67. The van der Waals surface area contributed by atoms with Gasteiger partial charge in [0.1, 0.15) is 5.52 Å². The largest absolute Gasteiger partial charge is 0.402 e. The molecular weight excluding hydrogens is 274 g/mol. The zero-order valence-corrected chi connectivity index (χ0v) is 12.8. The maximum atomic E-state index is 5.73. The van der Waals surface area contributed by atoms with Gasteiger partial charge in [-0.05, 0) is 42.7 Å². The zero-order valence-electron chi connectivity index (χ0n) is 12.8. The molecule has 2 N–H and O–H groups in total. The van der Waals surface area contributed by atoms with E-state index in [1.807, 2.05) is 30.5 Å². The molecule has 5 heteroatoms. The average molecular weight is 295 g/mol. The van der Waals surface area contributed by atoms with Crippen LogP contribution in [0.4, 0.5) is 0 Å². The molecule has 1 fully saturated rings. The molecule has 1 heterocycles. The van der Waals surface area contributed by atoms with Gasteiger partial charge in [-0.3, -0.25) is 0 Å². The summed E-state index contributed by atoms with van der Waals surface area (Å²) in [5.74, 6) is 1.21. The predicted octanol–water partition coefficient (Wildman–Crippen LogP) is 3.21. The van der Waals surface area contributed by atoms with Crippen LogP contribution in [0, 0.1) is 11.3 Å². The van der Waals surface area contributed by atoms with E-state index in [0.29, 0.717) is 17.2 Å². The van der Waals surface area contributed by atoms with E-state index in [1.165, 1.54) is 12.6 Å². The Hall–Kier alpha value is -2.43. The molecule has 22 heavy (non-hydrogen) atoms. The van der Waals surface area contributed by atoms with E-state index in [0.717, 1.165) is 23.9 Å². The lowest BCUT2D eigenvalue weighted by Gasteiger charge is -2.10. The molecule has 2 aromatic rings. The lowest BCUT2D eigenvalue weighted by Crippen LogP contribution is -2.04. The Morgan fingerprint density at radius 1 is 1.55 bits per heavy atom. The van der Waals surface area contributed by atoms with Crippen molar-refractivity contribution in [3.05, 3.63) is 43.1 Å². The number of aliphatic imine (C=N–C) groups is 1. The van der Waals surface area contributed by atoms with Crippen LogP contribution >= 0.6 is 0 Å². The lowest BCUT2D eigenvalue weighted by atomic mass is 9.96. The van der Waals surface area contributed by atoms with Gasteiger partial charge in [0.15, 0.2) is 5.82 Å². The molecule has 3 rings (SSSR count). The number of benzene rings is 1. The zero-order chi connectivity index (χ0) is 15.6. The summed E-state index contributed by atoms with van der Waals surface area (Å²) in [7, 11) is 0. The van der Waals surface area contributed by atoms with E-state index < -0.39 is 0 Å². The fraction of sp³-hybridized carbons (Fsp3) is 0.353. The van der Waals surface area contributed by atoms with E-state index in [1.54, 1.807) is 4.68 Å². The van der Waals surface area contributed by atoms with Crippen LogP contribution in [0.25, 0.3) is 16.9 Å². The van der Waals surface area contributed by atoms with Crippen molar-refractivity contribution in [2.75, 3.05) is 0 Å². The minimum atomic E-state index is 0.343. The first-order valence-electron chi connectivity index (χ1n) is 7.62. The Bertz CT molecular complexity index is 742. The summed E-state index contributed by atoms with van der Waals surface area (Å²) in [6, 6.07) is 7.76. The summed E-state index contributed by atoms with van der Waals surface area (Å²) in [4.78, 5) is 4.51. The van der Waals surface area contributed by atoms with Crippen LogP contribution in [0.2, 0.25) is 0 Å². The Morgan fingerprint density at radius 2 is 2.36 bits per heavy atom. The summed E-state index contributed by atoms with van der Waals surface area (Å²) in [6.07, 6.45) is 8.75. The van der Waals surface area contributed by atoms with Crippen LogP contribution in [0.3, 0.4) is 0 Å². The number of para-hydroxylation sites is 1. The third-order valence-corrected chi connectivity index (χ3v) is 4.68. The van der Waals surface area contributed by atoms with Gasteiger partial charge in [0.2, 0.25) is 0 Å². The van der Waals surface area contributed by atoms with Crippen molar-refractivity contribution in [1.82, 2.24) is 15.0 Å². The van der Waals surface area contributed by atoms with E-state index in [-0.39, 0.29) is 0 Å². The minimum absolute atomic E-state index is 0.343. The fourth-order valence-electron chi connectivity index (χ4n) is 3.03. The number of aromatic nitrogens is 3. The first-order valence-corrected chi connectivity index (χ1v) is 7.62. The van der Waals surface area contributed by atoms with Crippen molar-refractivity contribution >= 4 is 23.1 Å². The van der Waals surface area contributed by atoms with Crippen LogP contribution in [0.5, 0.6) is 0 Å². The first-order chi connectivity index (χ1) is 10.7. The summed E-state index contributed by atoms with van der Waals surface area (Å²) in [6.45, 7) is 6.13. The lowest BCUT2D eigenvalue weighted by molar-refractivity contribution is 0.488. The third kappa shape index (κ3) is 2.43. The monoisotopic (exact) mass is 295 g/mol. The highest BCUT2D eigenvalue weighted by Crippen LogP contribution is 2.57. The van der Waals surface area contributed by atoms with E-state index in [9.17, 15) is 0 Å². The molecule has 0 bridgehead atoms. The Morgan fingerprint density at radius 3 is 3.05 bits per heavy atom. The number of allylic oxidation sites excluding steroid dienone is 1. The van der Waals surface area contributed by atoms with Gasteiger partial charge < -0.3 is 5.73 Å². The second-order valence-corrected chi connectivity index (χ2v) is 5.79. The molecule has 114 valence electrons. The van der Waals surface area contributed by atoms with Gasteiger partial charge in [-0.15, -0.1) is 11.7 Å². The number of nitrogens with two attached hydrogens (primary N) is 1. The van der Waals surface area contributed by atoms with Crippen molar-refractivity contribution in [2.24, 2.45) is 22.1 Å². The molecule has 1 aliphatic rings. The number of fused-ring (bicyclic) bond motifs is 1. The van der Waals surface area contributed by atoms with Crippen LogP contribution in [-0.2, 0) is 0 Å². The normalized spacial score (nSPS) is 25.0. The van der Waals surface area contributed by atoms with E-state index in [2.05, 4.69) is 34.9 Å². The summed E-state index contributed by atoms with van der Waals surface area (Å²) in [5, 5.41) is 8.26. The number of hydrogen-bond donors (Lipinski definition) is 1. The smallest absolute Gasteiger partial charge is 0.171 e. The quantitative estimate of drug-likeness (QED) is 0.657. The molecule has 1 aliphatic carbocycles. The molecule has 1 saturated carbocycles. The maximum absolute atomic E-state index is 5.73.